The lowest BCUT2D eigenvalue weighted by atomic mass is 10.2. The maximum Gasteiger partial charge on any atom is 0.356 e. The van der Waals surface area contributed by atoms with Gasteiger partial charge in [0.05, 0.1) is 12.1 Å². The largest absolute Gasteiger partial charge is 0.464 e. The van der Waals surface area contributed by atoms with Crippen molar-refractivity contribution in [2.75, 3.05) is 7.11 Å². The molecule has 0 saturated heterocycles. The Bertz CT molecular complexity index is 616. The summed E-state index contributed by atoms with van der Waals surface area (Å²) in [6.45, 7) is 0. The second kappa shape index (κ2) is 4.47. The van der Waals surface area contributed by atoms with E-state index >= 15 is 0 Å². The zero-order chi connectivity index (χ0) is 12.6. The van der Waals surface area contributed by atoms with Gasteiger partial charge < -0.3 is 4.74 Å². The number of rotatable bonds is 1. The summed E-state index contributed by atoms with van der Waals surface area (Å²) >= 11 is 11.6. The minimum absolute atomic E-state index is 0.0118. The van der Waals surface area contributed by atoms with Crippen LogP contribution in [0.2, 0.25) is 10.0 Å². The highest BCUT2D eigenvalue weighted by molar-refractivity contribution is 6.37. The molecule has 3 nitrogen and oxygen atoms in total. The fraction of sp³-hybridized carbons (Fsp3) is 0.0909. The van der Waals surface area contributed by atoms with Crippen molar-refractivity contribution < 1.29 is 13.9 Å². The average Bonchev–Trinajstić information content (AvgIpc) is 2.29. The van der Waals surface area contributed by atoms with Crippen LogP contribution in [0.5, 0.6) is 0 Å². The van der Waals surface area contributed by atoms with Crippen molar-refractivity contribution in [3.63, 3.8) is 0 Å². The van der Waals surface area contributed by atoms with Gasteiger partial charge in [0.15, 0.2) is 11.5 Å². The summed E-state index contributed by atoms with van der Waals surface area (Å²) in [5.41, 5.74) is -0.0616. The lowest BCUT2D eigenvalue weighted by molar-refractivity contribution is 0.0594. The molecule has 0 fully saturated rings. The van der Waals surface area contributed by atoms with Crippen molar-refractivity contribution in [2.45, 2.75) is 0 Å². The first kappa shape index (κ1) is 12.1. The standard InChI is InChI=1S/C11H6Cl2FNO2/c1-17-11(16)9-4-7(13)6-2-5(12)3-8(14)10(6)15-9/h2-4H,1H3. The van der Waals surface area contributed by atoms with E-state index in [-0.39, 0.29) is 21.3 Å². The quantitative estimate of drug-likeness (QED) is 0.747. The number of hydrogen-bond acceptors (Lipinski definition) is 3. The summed E-state index contributed by atoms with van der Waals surface area (Å²) < 4.78 is 18.1. The molecular formula is C11H6Cl2FNO2. The molecule has 0 amide bonds. The predicted octanol–water partition coefficient (Wildman–Crippen LogP) is 3.47. The number of benzene rings is 1. The Labute approximate surface area is 106 Å². The van der Waals surface area contributed by atoms with Gasteiger partial charge in [0, 0.05) is 10.4 Å². The molecule has 1 heterocycles. The van der Waals surface area contributed by atoms with E-state index < -0.39 is 11.8 Å². The fourth-order valence-electron chi connectivity index (χ4n) is 1.42. The second-order valence-electron chi connectivity index (χ2n) is 3.26. The molecule has 17 heavy (non-hydrogen) atoms. The Kier molecular flexibility index (Phi) is 3.17. The molecule has 0 aliphatic carbocycles. The maximum atomic E-state index is 13.6. The maximum absolute atomic E-state index is 13.6. The van der Waals surface area contributed by atoms with E-state index in [0.717, 1.165) is 6.07 Å². The van der Waals surface area contributed by atoms with Crippen LogP contribution in [0.15, 0.2) is 18.2 Å². The monoisotopic (exact) mass is 273 g/mol. The van der Waals surface area contributed by atoms with Crippen LogP contribution in [0.1, 0.15) is 10.5 Å². The lowest BCUT2D eigenvalue weighted by Crippen LogP contribution is -2.05. The number of methoxy groups -OCH3 is 1. The first-order chi connectivity index (χ1) is 8.02. The Morgan fingerprint density at radius 3 is 2.71 bits per heavy atom. The van der Waals surface area contributed by atoms with Crippen molar-refractivity contribution in [1.82, 2.24) is 4.98 Å². The van der Waals surface area contributed by atoms with Crippen LogP contribution in [0, 0.1) is 5.82 Å². The number of carbonyl (C=O) groups is 1. The van der Waals surface area contributed by atoms with Crippen LogP contribution in [0.4, 0.5) is 4.39 Å². The summed E-state index contributed by atoms with van der Waals surface area (Å²) in [6.07, 6.45) is 0. The van der Waals surface area contributed by atoms with Crippen LogP contribution >= 0.6 is 23.2 Å². The summed E-state index contributed by atoms with van der Waals surface area (Å²) in [7, 11) is 1.21. The van der Waals surface area contributed by atoms with Crippen LogP contribution < -0.4 is 0 Å². The van der Waals surface area contributed by atoms with Gasteiger partial charge in [0.2, 0.25) is 0 Å². The molecule has 0 radical (unpaired) electrons. The molecule has 0 aliphatic rings. The van der Waals surface area contributed by atoms with Gasteiger partial charge in [-0.3, -0.25) is 0 Å². The van der Waals surface area contributed by atoms with Gasteiger partial charge in [-0.25, -0.2) is 14.2 Å². The molecule has 0 atom stereocenters. The van der Waals surface area contributed by atoms with Gasteiger partial charge in [0.25, 0.3) is 0 Å². The van der Waals surface area contributed by atoms with Gasteiger partial charge in [-0.1, -0.05) is 23.2 Å². The molecule has 1 aromatic heterocycles. The molecule has 6 heteroatoms. The zero-order valence-electron chi connectivity index (χ0n) is 8.63. The van der Waals surface area contributed by atoms with Crippen LogP contribution in [0.3, 0.4) is 0 Å². The molecule has 2 rings (SSSR count). The molecule has 88 valence electrons. The number of aromatic nitrogens is 1. The van der Waals surface area contributed by atoms with Crippen molar-refractivity contribution in [1.29, 1.82) is 0 Å². The van der Waals surface area contributed by atoms with Crippen molar-refractivity contribution in [2.24, 2.45) is 0 Å². The molecule has 0 unspecified atom stereocenters. The molecule has 0 bridgehead atoms. The number of hydrogen-bond donors (Lipinski definition) is 0. The van der Waals surface area contributed by atoms with Crippen molar-refractivity contribution in [3.8, 4) is 0 Å². The number of esters is 1. The van der Waals surface area contributed by atoms with E-state index in [0.29, 0.717) is 5.39 Å². The number of nitrogens with zero attached hydrogens (tertiary/aromatic N) is 1. The van der Waals surface area contributed by atoms with Gasteiger partial charge in [-0.15, -0.1) is 0 Å². The minimum Gasteiger partial charge on any atom is -0.464 e. The van der Waals surface area contributed by atoms with Gasteiger partial charge in [-0.2, -0.15) is 0 Å². The van der Waals surface area contributed by atoms with E-state index in [1.165, 1.54) is 19.2 Å². The molecule has 1 aromatic carbocycles. The smallest absolute Gasteiger partial charge is 0.356 e. The first-order valence-corrected chi connectivity index (χ1v) is 5.32. The molecule has 0 spiro atoms. The summed E-state index contributed by atoms with van der Waals surface area (Å²) in [5.74, 6) is -1.32. The van der Waals surface area contributed by atoms with E-state index in [4.69, 9.17) is 23.2 Å². The highest BCUT2D eigenvalue weighted by atomic mass is 35.5. The number of pyridine rings is 1. The Hall–Kier alpha value is -1.39. The van der Waals surface area contributed by atoms with E-state index in [1.807, 2.05) is 0 Å². The van der Waals surface area contributed by atoms with Crippen molar-refractivity contribution in [3.05, 3.63) is 39.8 Å². The average molecular weight is 274 g/mol. The molecule has 2 aromatic rings. The fourth-order valence-corrected chi connectivity index (χ4v) is 1.87. The van der Waals surface area contributed by atoms with Crippen molar-refractivity contribution >= 4 is 40.1 Å². The summed E-state index contributed by atoms with van der Waals surface area (Å²) in [4.78, 5) is 15.2. The minimum atomic E-state index is -0.678. The van der Waals surface area contributed by atoms with Crippen LogP contribution in [-0.4, -0.2) is 18.1 Å². The zero-order valence-corrected chi connectivity index (χ0v) is 10.1. The highest BCUT2D eigenvalue weighted by Gasteiger charge is 2.14. The summed E-state index contributed by atoms with van der Waals surface area (Å²) in [6, 6.07) is 3.90. The highest BCUT2D eigenvalue weighted by Crippen LogP contribution is 2.28. The molecule has 0 aliphatic heterocycles. The van der Waals surface area contributed by atoms with Gasteiger partial charge >= 0.3 is 5.97 Å². The molecule has 0 N–H and O–H groups in total. The topological polar surface area (TPSA) is 39.2 Å². The summed E-state index contributed by atoms with van der Waals surface area (Å²) in [5, 5.41) is 0.755. The second-order valence-corrected chi connectivity index (χ2v) is 4.11. The van der Waals surface area contributed by atoms with Gasteiger partial charge in [-0.05, 0) is 18.2 Å². The number of fused-ring (bicyclic) bond motifs is 1. The predicted molar refractivity (Wildman–Crippen MR) is 63.1 cm³/mol. The molecule has 0 saturated carbocycles. The third kappa shape index (κ3) is 2.18. The van der Waals surface area contributed by atoms with E-state index in [2.05, 4.69) is 9.72 Å². The normalized spacial score (nSPS) is 10.6. The van der Waals surface area contributed by atoms with Gasteiger partial charge in [0.1, 0.15) is 5.52 Å². The Morgan fingerprint density at radius 2 is 2.06 bits per heavy atom. The number of carbonyl (C=O) groups excluding carboxylic acids is 1. The third-order valence-electron chi connectivity index (χ3n) is 2.18. The van der Waals surface area contributed by atoms with E-state index in [1.54, 1.807) is 0 Å². The first-order valence-electron chi connectivity index (χ1n) is 4.56. The Morgan fingerprint density at radius 1 is 1.35 bits per heavy atom. The SMILES string of the molecule is COC(=O)c1cc(Cl)c2cc(Cl)cc(F)c2n1. The number of halogens is 3. The van der Waals surface area contributed by atoms with Crippen LogP contribution in [-0.2, 0) is 4.74 Å². The number of ether oxygens (including phenoxy) is 1. The van der Waals surface area contributed by atoms with Crippen LogP contribution in [0.25, 0.3) is 10.9 Å². The molecular weight excluding hydrogens is 268 g/mol. The van der Waals surface area contributed by atoms with E-state index in [9.17, 15) is 9.18 Å². The third-order valence-corrected chi connectivity index (χ3v) is 2.71. The lowest BCUT2D eigenvalue weighted by Gasteiger charge is -2.05. The Balaban J connectivity index is 2.77.